The number of rotatable bonds is 3. The van der Waals surface area contributed by atoms with Crippen molar-refractivity contribution in [2.24, 2.45) is 0 Å². The van der Waals surface area contributed by atoms with Crippen LogP contribution in [0.2, 0.25) is 0 Å². The lowest BCUT2D eigenvalue weighted by Crippen LogP contribution is -2.31. The molecule has 0 saturated carbocycles. The second kappa shape index (κ2) is 6.71. The number of carbonyl (C=O) groups is 1. The maximum atomic E-state index is 12.8. The standard InChI is InChI=1S/C15H11F3INO3S/c1-9-2-5-11(6-3-9)24(22,23)20-14(21)12-8-10(15(16,17)18)4-7-13(12)19/h2-8H,1H3,(H,20,21)/i19-2. The number of benzene rings is 2. The zero-order valence-corrected chi connectivity index (χ0v) is 15.2. The normalized spacial score (nSPS) is 12.0. The highest BCUT2D eigenvalue weighted by atomic mass is 125. The van der Waals surface area contributed by atoms with Crippen LogP contribution in [0.3, 0.4) is 0 Å². The Morgan fingerprint density at radius 2 is 1.67 bits per heavy atom. The van der Waals surface area contributed by atoms with Gasteiger partial charge >= 0.3 is 6.18 Å². The molecule has 0 aromatic heterocycles. The van der Waals surface area contributed by atoms with Gasteiger partial charge in [0.2, 0.25) is 0 Å². The number of amides is 1. The van der Waals surface area contributed by atoms with E-state index in [0.29, 0.717) is 6.07 Å². The van der Waals surface area contributed by atoms with Crippen molar-refractivity contribution in [3.8, 4) is 0 Å². The minimum atomic E-state index is -4.63. The van der Waals surface area contributed by atoms with E-state index in [9.17, 15) is 26.4 Å². The van der Waals surface area contributed by atoms with E-state index in [0.717, 1.165) is 17.7 Å². The number of halogens is 4. The van der Waals surface area contributed by atoms with Gasteiger partial charge in [0.1, 0.15) is 0 Å². The molecule has 0 atom stereocenters. The van der Waals surface area contributed by atoms with Gasteiger partial charge in [0.05, 0.1) is 16.0 Å². The lowest BCUT2D eigenvalue weighted by atomic mass is 10.1. The van der Waals surface area contributed by atoms with Crippen molar-refractivity contribution in [3.05, 3.63) is 62.7 Å². The summed E-state index contributed by atoms with van der Waals surface area (Å²) < 4.78 is 64.6. The zero-order chi connectivity index (χ0) is 18.1. The SMILES string of the molecule is Cc1ccc(S(=O)(=O)NC(=O)c2cc(C(F)(F)F)ccc2[125I])cc1. The fourth-order valence-corrected chi connectivity index (χ4v) is 3.38. The Labute approximate surface area is 150 Å². The van der Waals surface area contributed by atoms with Gasteiger partial charge in [0, 0.05) is 3.57 Å². The molecule has 0 radical (unpaired) electrons. The highest BCUT2D eigenvalue weighted by molar-refractivity contribution is 14.1. The molecule has 1 amide bonds. The van der Waals surface area contributed by atoms with E-state index in [2.05, 4.69) is 0 Å². The first-order valence-corrected chi connectivity index (χ1v) is 9.07. The van der Waals surface area contributed by atoms with Gasteiger partial charge in [0.25, 0.3) is 15.9 Å². The van der Waals surface area contributed by atoms with Gasteiger partial charge in [-0.1, -0.05) is 17.7 Å². The largest absolute Gasteiger partial charge is 0.416 e. The van der Waals surface area contributed by atoms with Crippen LogP contribution in [0.25, 0.3) is 0 Å². The third kappa shape index (κ3) is 4.26. The van der Waals surface area contributed by atoms with E-state index in [4.69, 9.17) is 0 Å². The molecule has 24 heavy (non-hydrogen) atoms. The van der Waals surface area contributed by atoms with E-state index in [1.807, 2.05) is 0 Å². The summed E-state index contributed by atoms with van der Waals surface area (Å²) in [4.78, 5) is 12.0. The predicted octanol–water partition coefficient (Wildman–Crippen LogP) is 3.74. The molecule has 0 aliphatic carbocycles. The van der Waals surface area contributed by atoms with Gasteiger partial charge in [-0.3, -0.25) is 4.79 Å². The van der Waals surface area contributed by atoms with Crippen LogP contribution >= 0.6 is 22.6 Å². The Morgan fingerprint density at radius 1 is 1.08 bits per heavy atom. The van der Waals surface area contributed by atoms with Crippen molar-refractivity contribution >= 4 is 38.5 Å². The molecule has 0 aliphatic rings. The summed E-state index contributed by atoms with van der Waals surface area (Å²) in [6.45, 7) is 1.76. The molecule has 0 saturated heterocycles. The summed E-state index contributed by atoms with van der Waals surface area (Å²) in [5.41, 5.74) is -0.561. The van der Waals surface area contributed by atoms with E-state index >= 15 is 0 Å². The second-order valence-electron chi connectivity index (χ2n) is 4.94. The lowest BCUT2D eigenvalue weighted by Gasteiger charge is -2.11. The molecule has 2 aromatic rings. The number of aryl methyl sites for hydroxylation is 1. The molecule has 9 heteroatoms. The van der Waals surface area contributed by atoms with E-state index in [1.54, 1.807) is 46.4 Å². The third-order valence-corrected chi connectivity index (χ3v) is 5.38. The highest BCUT2D eigenvalue weighted by Gasteiger charge is 2.32. The molecule has 0 heterocycles. The fourth-order valence-electron chi connectivity index (χ4n) is 1.83. The molecule has 2 rings (SSSR count). The number of nitrogens with one attached hydrogen (secondary N) is 1. The lowest BCUT2D eigenvalue weighted by molar-refractivity contribution is -0.137. The molecule has 0 spiro atoms. The number of alkyl halides is 3. The van der Waals surface area contributed by atoms with Crippen LogP contribution in [-0.2, 0) is 16.2 Å². The average molecular weight is 467 g/mol. The topological polar surface area (TPSA) is 63.2 Å². The molecule has 0 bridgehead atoms. The summed E-state index contributed by atoms with van der Waals surface area (Å²) in [7, 11) is -4.17. The third-order valence-electron chi connectivity index (χ3n) is 3.10. The molecule has 4 nitrogen and oxygen atoms in total. The van der Waals surface area contributed by atoms with E-state index in [-0.39, 0.29) is 14.0 Å². The zero-order valence-electron chi connectivity index (χ0n) is 12.2. The van der Waals surface area contributed by atoms with Gasteiger partial charge < -0.3 is 0 Å². The van der Waals surface area contributed by atoms with Crippen LogP contribution in [0.4, 0.5) is 13.2 Å². The van der Waals surface area contributed by atoms with E-state index in [1.165, 1.54) is 12.1 Å². The summed E-state index contributed by atoms with van der Waals surface area (Å²) in [5, 5.41) is 0. The van der Waals surface area contributed by atoms with Crippen molar-refractivity contribution in [1.29, 1.82) is 0 Å². The number of hydrogen-bond acceptors (Lipinski definition) is 3. The Hall–Kier alpha value is -1.62. The first-order valence-electron chi connectivity index (χ1n) is 6.51. The molecular formula is C15H11F3INO3S. The van der Waals surface area contributed by atoms with Crippen LogP contribution in [0.5, 0.6) is 0 Å². The quantitative estimate of drug-likeness (QED) is 0.700. The second-order valence-corrected chi connectivity index (χ2v) is 7.78. The van der Waals surface area contributed by atoms with Gasteiger partial charge in [-0.15, -0.1) is 0 Å². The Balaban J connectivity index is 2.34. The molecule has 0 aliphatic heterocycles. The van der Waals surface area contributed by atoms with E-state index < -0.39 is 27.7 Å². The van der Waals surface area contributed by atoms with Gasteiger partial charge in [-0.05, 0) is 59.8 Å². The Bertz CT molecular complexity index is 878. The van der Waals surface area contributed by atoms with Crippen LogP contribution < -0.4 is 4.72 Å². The minimum absolute atomic E-state index is 0.150. The molecule has 0 fully saturated rings. The Morgan fingerprint density at radius 3 is 2.21 bits per heavy atom. The van der Waals surface area contributed by atoms with Crippen LogP contribution in [0, 0.1) is 10.5 Å². The molecule has 128 valence electrons. The average Bonchev–Trinajstić information content (AvgIpc) is 2.46. The highest BCUT2D eigenvalue weighted by Crippen LogP contribution is 2.31. The van der Waals surface area contributed by atoms with Gasteiger partial charge in [-0.25, -0.2) is 13.1 Å². The first kappa shape index (κ1) is 18.7. The summed E-state index contributed by atoms with van der Waals surface area (Å²) >= 11 is 1.67. The van der Waals surface area contributed by atoms with Crippen LogP contribution in [-0.4, -0.2) is 14.3 Å². The van der Waals surface area contributed by atoms with Gasteiger partial charge in [-0.2, -0.15) is 13.2 Å². The van der Waals surface area contributed by atoms with Crippen molar-refractivity contribution in [2.75, 3.05) is 0 Å². The van der Waals surface area contributed by atoms with Crippen molar-refractivity contribution in [2.45, 2.75) is 18.0 Å². The smallest absolute Gasteiger partial charge is 0.268 e. The fraction of sp³-hybridized carbons (Fsp3) is 0.133. The van der Waals surface area contributed by atoms with Crippen molar-refractivity contribution in [1.82, 2.24) is 4.72 Å². The Kier molecular flexibility index (Phi) is 5.23. The van der Waals surface area contributed by atoms with Crippen molar-refractivity contribution in [3.63, 3.8) is 0 Å². The minimum Gasteiger partial charge on any atom is -0.268 e. The van der Waals surface area contributed by atoms with Crippen LogP contribution in [0.15, 0.2) is 47.4 Å². The predicted molar refractivity (Wildman–Crippen MR) is 90.0 cm³/mol. The molecular weight excluding hydrogens is 456 g/mol. The molecule has 0 unspecified atom stereocenters. The first-order chi connectivity index (χ1) is 11.0. The number of carbonyl (C=O) groups excluding carboxylic acids is 1. The summed E-state index contributed by atoms with van der Waals surface area (Å²) in [6.07, 6.45) is -4.63. The van der Waals surface area contributed by atoms with Crippen LogP contribution in [0.1, 0.15) is 21.5 Å². The molecule has 1 N–H and O–H groups in total. The monoisotopic (exact) mass is 467 g/mol. The van der Waals surface area contributed by atoms with Gasteiger partial charge in [0.15, 0.2) is 0 Å². The summed E-state index contributed by atoms with van der Waals surface area (Å²) in [5.74, 6) is -1.12. The number of sulfonamides is 1. The maximum absolute atomic E-state index is 12.8. The number of hydrogen-bond donors (Lipinski definition) is 1. The summed E-state index contributed by atoms with van der Waals surface area (Å²) in [6, 6.07) is 8.27. The molecule has 2 aromatic carbocycles. The maximum Gasteiger partial charge on any atom is 0.416 e. The van der Waals surface area contributed by atoms with Crippen molar-refractivity contribution < 1.29 is 26.4 Å².